The molecule has 2 aromatic carbocycles. The summed E-state index contributed by atoms with van der Waals surface area (Å²) in [5.74, 6) is 0.573. The van der Waals surface area contributed by atoms with E-state index in [4.69, 9.17) is 0 Å². The minimum Gasteiger partial charge on any atom is -0.275 e. The predicted molar refractivity (Wildman–Crippen MR) is 135 cm³/mol. The van der Waals surface area contributed by atoms with Crippen molar-refractivity contribution in [3.8, 4) is 0 Å². The van der Waals surface area contributed by atoms with Crippen molar-refractivity contribution in [2.24, 2.45) is 11.8 Å². The van der Waals surface area contributed by atoms with E-state index in [0.717, 1.165) is 85.3 Å². The van der Waals surface area contributed by atoms with E-state index in [1.54, 1.807) is 0 Å². The minimum absolute atomic E-state index is 0.0739. The number of para-hydroxylation sites is 2. The molecule has 2 aliphatic carbocycles. The lowest BCUT2D eigenvalue weighted by molar-refractivity contribution is -0.115. The van der Waals surface area contributed by atoms with Crippen molar-refractivity contribution < 1.29 is 9.59 Å². The van der Waals surface area contributed by atoms with Crippen LogP contribution in [-0.4, -0.2) is 11.8 Å². The molecule has 0 atom stereocenters. The van der Waals surface area contributed by atoms with Crippen molar-refractivity contribution in [3.63, 3.8) is 0 Å². The Labute approximate surface area is 201 Å². The maximum atomic E-state index is 14.2. The normalized spacial score (nSPS) is 22.2. The Kier molecular flexibility index (Phi) is 5.60. The Bertz CT molecular complexity index is 1060. The third-order valence-corrected chi connectivity index (χ3v) is 8.10. The van der Waals surface area contributed by atoms with Gasteiger partial charge in [-0.1, -0.05) is 74.9 Å². The van der Waals surface area contributed by atoms with Crippen LogP contribution in [0.2, 0.25) is 0 Å². The molecule has 34 heavy (non-hydrogen) atoms. The fraction of sp³-hybridized carbons (Fsp3) is 0.400. The summed E-state index contributed by atoms with van der Waals surface area (Å²) in [6.07, 6.45) is 11.1. The van der Waals surface area contributed by atoms with Gasteiger partial charge < -0.3 is 0 Å². The van der Waals surface area contributed by atoms with Crippen LogP contribution in [0.4, 0.5) is 11.4 Å². The molecule has 4 aliphatic rings. The molecule has 0 unspecified atom stereocenters. The number of amides is 2. The molecule has 2 fully saturated rings. The van der Waals surface area contributed by atoms with E-state index in [2.05, 4.69) is 0 Å². The lowest BCUT2D eigenvalue weighted by Crippen LogP contribution is -2.32. The number of benzene rings is 2. The Hall–Kier alpha value is -3.14. The van der Waals surface area contributed by atoms with Crippen molar-refractivity contribution in [2.45, 2.75) is 64.2 Å². The molecular weight excluding hydrogens is 420 g/mol. The van der Waals surface area contributed by atoms with Crippen LogP contribution in [0, 0.1) is 11.8 Å². The molecule has 0 bridgehead atoms. The van der Waals surface area contributed by atoms with Crippen LogP contribution in [-0.2, 0) is 9.59 Å². The van der Waals surface area contributed by atoms with Crippen molar-refractivity contribution in [1.29, 1.82) is 0 Å². The van der Waals surface area contributed by atoms with Crippen LogP contribution in [0.3, 0.4) is 0 Å². The number of carbonyl (C=O) groups is 2. The number of rotatable bonds is 4. The van der Waals surface area contributed by atoms with Gasteiger partial charge in [0.05, 0.1) is 11.4 Å². The Morgan fingerprint density at radius 1 is 0.500 bits per heavy atom. The molecule has 2 heterocycles. The number of hydrogen-bond acceptors (Lipinski definition) is 2. The number of carbonyl (C=O) groups excluding carboxylic acids is 2. The van der Waals surface area contributed by atoms with Gasteiger partial charge in [0, 0.05) is 22.5 Å². The van der Waals surface area contributed by atoms with Gasteiger partial charge in [0.1, 0.15) is 0 Å². The summed E-state index contributed by atoms with van der Waals surface area (Å²) in [7, 11) is 0. The maximum Gasteiger partial charge on any atom is 0.261 e. The second kappa shape index (κ2) is 8.90. The van der Waals surface area contributed by atoms with Crippen LogP contribution < -0.4 is 9.80 Å². The third kappa shape index (κ3) is 3.43. The van der Waals surface area contributed by atoms with Gasteiger partial charge in [-0.05, 0) is 61.8 Å². The van der Waals surface area contributed by atoms with Crippen LogP contribution in [0.15, 0.2) is 83.2 Å². The second-order valence-corrected chi connectivity index (χ2v) is 10.1. The van der Waals surface area contributed by atoms with Crippen LogP contribution >= 0.6 is 0 Å². The highest BCUT2D eigenvalue weighted by Crippen LogP contribution is 2.51. The van der Waals surface area contributed by atoms with Crippen molar-refractivity contribution in [3.05, 3.63) is 83.2 Å². The first-order valence-corrected chi connectivity index (χ1v) is 13.0. The summed E-state index contributed by atoms with van der Waals surface area (Å²) in [4.78, 5) is 32.2. The van der Waals surface area contributed by atoms with Crippen molar-refractivity contribution in [1.82, 2.24) is 0 Å². The fourth-order valence-electron chi connectivity index (χ4n) is 6.52. The smallest absolute Gasteiger partial charge is 0.261 e. The van der Waals surface area contributed by atoms with Gasteiger partial charge >= 0.3 is 0 Å². The topological polar surface area (TPSA) is 40.6 Å². The first kappa shape index (κ1) is 21.4. The van der Waals surface area contributed by atoms with E-state index in [1.165, 1.54) is 12.8 Å². The highest BCUT2D eigenvalue weighted by molar-refractivity contribution is 6.24. The molecular formula is C30H32N2O2. The zero-order valence-electron chi connectivity index (χ0n) is 19.7. The molecule has 2 amide bonds. The highest BCUT2D eigenvalue weighted by Gasteiger charge is 2.51. The Balaban J connectivity index is 1.59. The number of anilines is 2. The third-order valence-electron chi connectivity index (χ3n) is 8.10. The first-order valence-electron chi connectivity index (χ1n) is 13.0. The quantitative estimate of drug-likeness (QED) is 0.515. The second-order valence-electron chi connectivity index (χ2n) is 10.1. The zero-order chi connectivity index (χ0) is 23.1. The van der Waals surface area contributed by atoms with E-state index in [-0.39, 0.29) is 23.7 Å². The van der Waals surface area contributed by atoms with Gasteiger partial charge in [0.15, 0.2) is 0 Å². The van der Waals surface area contributed by atoms with Gasteiger partial charge in [-0.2, -0.15) is 0 Å². The van der Waals surface area contributed by atoms with Gasteiger partial charge in [0.2, 0.25) is 0 Å². The molecule has 2 aromatic rings. The molecule has 4 nitrogen and oxygen atoms in total. The zero-order valence-corrected chi connectivity index (χ0v) is 19.7. The predicted octanol–water partition coefficient (Wildman–Crippen LogP) is 6.75. The summed E-state index contributed by atoms with van der Waals surface area (Å²) in [6.45, 7) is 0. The average molecular weight is 453 g/mol. The first-order chi connectivity index (χ1) is 16.8. The van der Waals surface area contributed by atoms with E-state index in [0.29, 0.717) is 0 Å². The lowest BCUT2D eigenvalue weighted by Gasteiger charge is -2.28. The lowest BCUT2D eigenvalue weighted by atomic mass is 9.82. The summed E-state index contributed by atoms with van der Waals surface area (Å²) in [6, 6.07) is 19.9. The Morgan fingerprint density at radius 2 is 0.853 bits per heavy atom. The van der Waals surface area contributed by atoms with Gasteiger partial charge in [-0.25, -0.2) is 0 Å². The molecule has 0 N–H and O–H groups in total. The van der Waals surface area contributed by atoms with Crippen LogP contribution in [0.5, 0.6) is 0 Å². The fourth-order valence-corrected chi connectivity index (χ4v) is 6.52. The van der Waals surface area contributed by atoms with Gasteiger partial charge in [-0.15, -0.1) is 0 Å². The summed E-state index contributed by atoms with van der Waals surface area (Å²) in [5, 5.41) is 0. The van der Waals surface area contributed by atoms with E-state index >= 15 is 0 Å². The number of hydrogen-bond donors (Lipinski definition) is 0. The molecule has 4 heteroatoms. The summed E-state index contributed by atoms with van der Waals surface area (Å²) >= 11 is 0. The molecule has 6 rings (SSSR count). The highest BCUT2D eigenvalue weighted by atomic mass is 16.2. The van der Waals surface area contributed by atoms with Crippen LogP contribution in [0.1, 0.15) is 64.2 Å². The van der Waals surface area contributed by atoms with Gasteiger partial charge in [0.25, 0.3) is 11.8 Å². The van der Waals surface area contributed by atoms with Crippen molar-refractivity contribution in [2.75, 3.05) is 9.80 Å². The standard InChI is InChI=1S/C30H32N2O2/c33-29-25(21-13-5-1-6-14-21)27-28(32(29)24-19-11-4-12-20-24)26(22-15-7-2-8-16-22)30(34)31(27)23-17-9-3-10-18-23/h3-4,9-12,17-22H,1-2,5-8,13-16H2. The minimum atomic E-state index is 0.0739. The molecule has 0 spiro atoms. The molecule has 0 aromatic heterocycles. The molecule has 2 saturated carbocycles. The SMILES string of the molecule is O=C1C(C2CCCCC2)=C2C(=C(C3CCCCC3)C(=O)N2c2ccccc2)N1c1ccccc1. The molecule has 0 radical (unpaired) electrons. The molecule has 0 saturated heterocycles. The maximum absolute atomic E-state index is 14.2. The molecule has 2 aliphatic heterocycles. The van der Waals surface area contributed by atoms with Gasteiger partial charge in [-0.3, -0.25) is 19.4 Å². The van der Waals surface area contributed by atoms with Crippen molar-refractivity contribution >= 4 is 23.2 Å². The largest absolute Gasteiger partial charge is 0.275 e. The summed E-state index contributed by atoms with van der Waals surface area (Å²) < 4.78 is 0. The number of nitrogens with zero attached hydrogens (tertiary/aromatic N) is 2. The van der Waals surface area contributed by atoms with E-state index in [9.17, 15) is 9.59 Å². The Morgan fingerprint density at radius 3 is 1.21 bits per heavy atom. The summed E-state index contributed by atoms with van der Waals surface area (Å²) in [5.41, 5.74) is 5.20. The molecule has 174 valence electrons. The average Bonchev–Trinajstić information content (AvgIpc) is 3.34. The monoisotopic (exact) mass is 452 g/mol. The van der Waals surface area contributed by atoms with E-state index in [1.807, 2.05) is 70.5 Å². The van der Waals surface area contributed by atoms with Crippen LogP contribution in [0.25, 0.3) is 0 Å². The van der Waals surface area contributed by atoms with E-state index < -0.39 is 0 Å². The number of fused-ring (bicyclic) bond motifs is 1.